The molecule has 3 nitrogen and oxygen atoms in total. The van der Waals surface area contributed by atoms with Crippen molar-refractivity contribution < 1.29 is 16.2 Å². The molecule has 0 bridgehead atoms. The summed E-state index contributed by atoms with van der Waals surface area (Å²) < 4.78 is 0. The lowest BCUT2D eigenvalue weighted by atomic mass is 11.6. The van der Waals surface area contributed by atoms with Crippen LogP contribution in [-0.4, -0.2) is 17.7 Å². The van der Waals surface area contributed by atoms with Crippen molar-refractivity contribution in [1.29, 1.82) is 0 Å². The van der Waals surface area contributed by atoms with Crippen LogP contribution >= 0.6 is 0 Å². The number of nitrogens with two attached hydrogens (primary N) is 1. The summed E-state index contributed by atoms with van der Waals surface area (Å²) in [7, 11) is 1.56. The Morgan fingerprint density at radius 2 is 1.75 bits per heavy atom. The van der Waals surface area contributed by atoms with Gasteiger partial charge in [0.25, 0.3) is 0 Å². The highest BCUT2D eigenvalue weighted by Crippen LogP contribution is 0.555. The number of quaternary nitrogens is 1. The van der Waals surface area contributed by atoms with E-state index in [0.29, 0.717) is 0 Å². The standard InChI is InChI=1S/CH5NO.H2O/c1-2-3;/h2-3H,1H3;1H2. The van der Waals surface area contributed by atoms with Gasteiger partial charge < -0.3 is 5.48 Å². The van der Waals surface area contributed by atoms with E-state index in [-0.39, 0.29) is 5.48 Å². The molecule has 0 fully saturated rings. The molecule has 0 amide bonds. The van der Waals surface area contributed by atoms with Gasteiger partial charge in [0.2, 0.25) is 0 Å². The van der Waals surface area contributed by atoms with Crippen LogP contribution < -0.4 is 5.48 Å². The molecule has 0 heterocycles. The molecule has 0 aliphatic carbocycles. The lowest BCUT2D eigenvalue weighted by molar-refractivity contribution is -0.867. The monoisotopic (exact) mass is 65.0 g/mol. The van der Waals surface area contributed by atoms with Crippen LogP contribution in [0.3, 0.4) is 0 Å². The van der Waals surface area contributed by atoms with Gasteiger partial charge in [-0.15, -0.1) is 0 Å². The topological polar surface area (TPSA) is 66.8 Å². The number of hydrogen-bond acceptors (Lipinski definition) is 2. The molecule has 0 saturated heterocycles. The van der Waals surface area contributed by atoms with Crippen molar-refractivity contribution in [3.8, 4) is 0 Å². The predicted octanol–water partition coefficient (Wildman–Crippen LogP) is -1.61. The lowest BCUT2D eigenvalue weighted by Crippen LogP contribution is -2.75. The molecule has 4 N–H and O–H groups in total. The molecular weight excluding hydrogens is 58.0 g/mol. The summed E-state index contributed by atoms with van der Waals surface area (Å²) in [6, 6.07) is 0. The highest BCUT2D eigenvalue weighted by molar-refractivity contribution is 3.13. The van der Waals surface area contributed by atoms with Crippen LogP contribution in [0.4, 0.5) is 0 Å². The number of hydrogen-bond donors (Lipinski definition) is 2. The highest BCUT2D eigenvalue weighted by Gasteiger charge is 1.29. The molecule has 28 valence electrons. The van der Waals surface area contributed by atoms with Gasteiger partial charge in [-0.25, -0.2) is 10.7 Å². The second kappa shape index (κ2) is 13.1. The van der Waals surface area contributed by atoms with E-state index < -0.39 is 0 Å². The molecule has 0 atom stereocenters. The molecule has 0 radical (unpaired) electrons. The van der Waals surface area contributed by atoms with Gasteiger partial charge in [0.1, 0.15) is 0 Å². The zero-order chi connectivity index (χ0) is 2.71. The zero-order valence-corrected chi connectivity index (χ0v) is 2.47. The second-order valence-electron chi connectivity index (χ2n) is 0.258. The van der Waals surface area contributed by atoms with Gasteiger partial charge in [-0.1, -0.05) is 0 Å². The quantitative estimate of drug-likeness (QED) is 0.333. The van der Waals surface area contributed by atoms with E-state index >= 15 is 0 Å². The molecule has 4 heavy (non-hydrogen) atoms. The molecule has 0 aromatic carbocycles. The first-order valence-corrected chi connectivity index (χ1v) is 0.836. The van der Waals surface area contributed by atoms with Crippen molar-refractivity contribution in [1.82, 2.24) is 0 Å². The van der Waals surface area contributed by atoms with Crippen molar-refractivity contribution in [3.63, 3.8) is 0 Å². The molecular formula is CH7NO2. The number of hydroxylamine groups is 1. The molecule has 0 aromatic heterocycles. The first-order chi connectivity index (χ1) is 1.41. The summed E-state index contributed by atoms with van der Waals surface area (Å²) >= 11 is 0. The zero-order valence-electron chi connectivity index (χ0n) is 2.47. The molecule has 0 aliphatic rings. The van der Waals surface area contributed by atoms with Crippen LogP contribution in [0.15, 0.2) is 0 Å². The maximum absolute atomic E-state index is 7.44. The van der Waals surface area contributed by atoms with Crippen molar-refractivity contribution in [2.45, 2.75) is 0 Å². The maximum Gasteiger partial charge on any atom is 0.0947 e. The fourth-order valence-corrected chi connectivity index (χ4v) is 0. The summed E-state index contributed by atoms with van der Waals surface area (Å²) in [5.41, 5.74) is 1.00. The molecule has 0 spiro atoms. The Bertz CT molecular complexity index is 6.00. The fourth-order valence-electron chi connectivity index (χ4n) is 0. The van der Waals surface area contributed by atoms with E-state index in [1.54, 1.807) is 7.05 Å². The van der Waals surface area contributed by atoms with Crippen molar-refractivity contribution in [3.05, 3.63) is 0 Å². The molecule has 3 heteroatoms. The minimum absolute atomic E-state index is 0. The summed E-state index contributed by atoms with van der Waals surface area (Å²) in [5, 5.41) is 7.44. The third-order valence-corrected chi connectivity index (χ3v) is 0. The Hall–Kier alpha value is -0.120. The van der Waals surface area contributed by atoms with Gasteiger partial charge in [0, 0.05) is 0 Å². The highest BCUT2D eigenvalue weighted by atomic mass is 16.5. The molecule has 0 saturated carbocycles. The Balaban J connectivity index is 0. The van der Waals surface area contributed by atoms with Gasteiger partial charge in [-0.2, -0.15) is 0 Å². The van der Waals surface area contributed by atoms with Crippen molar-refractivity contribution in [2.24, 2.45) is 0 Å². The van der Waals surface area contributed by atoms with Crippen molar-refractivity contribution >= 4 is 0 Å². The van der Waals surface area contributed by atoms with E-state index in [9.17, 15) is 0 Å². The van der Waals surface area contributed by atoms with Crippen LogP contribution in [0, 0.1) is 0 Å². The lowest BCUT2D eigenvalue weighted by Gasteiger charge is -1.56. The predicted molar refractivity (Wildman–Crippen MR) is 11.6 cm³/mol. The van der Waals surface area contributed by atoms with E-state index in [4.69, 9.17) is 5.21 Å². The molecule has 0 aliphatic heterocycles. The van der Waals surface area contributed by atoms with Gasteiger partial charge >= 0.3 is 0 Å². The maximum atomic E-state index is 7.44. The Morgan fingerprint density at radius 3 is 1.75 bits per heavy atom. The Labute approximate surface area is 24.5 Å². The largest absolute Gasteiger partial charge is 0.870 e. The SMILES string of the molecule is C[NH2+]O.[OH-]. The van der Waals surface area contributed by atoms with Crippen LogP contribution in [0.1, 0.15) is 0 Å². The first kappa shape index (κ1) is 9.11. The summed E-state index contributed by atoms with van der Waals surface area (Å²) in [5.74, 6) is 0. The molecule has 0 rings (SSSR count). The van der Waals surface area contributed by atoms with E-state index in [2.05, 4.69) is 0 Å². The summed E-state index contributed by atoms with van der Waals surface area (Å²) in [6.07, 6.45) is 0. The molecule has 0 aromatic rings. The average molecular weight is 65.1 g/mol. The smallest absolute Gasteiger partial charge is 0.0947 e. The minimum Gasteiger partial charge on any atom is -0.870 e. The van der Waals surface area contributed by atoms with Crippen LogP contribution in [0.5, 0.6) is 0 Å². The fraction of sp³-hybridized carbons (Fsp3) is 1.00. The first-order valence-electron chi connectivity index (χ1n) is 0.836. The average Bonchev–Trinajstić information content (AvgIpc) is 0.918. The van der Waals surface area contributed by atoms with E-state index in [1.165, 1.54) is 0 Å². The van der Waals surface area contributed by atoms with Crippen LogP contribution in [-0.2, 0) is 0 Å². The van der Waals surface area contributed by atoms with E-state index in [1.807, 2.05) is 0 Å². The summed E-state index contributed by atoms with van der Waals surface area (Å²) in [6.45, 7) is 0. The van der Waals surface area contributed by atoms with Crippen LogP contribution in [0.25, 0.3) is 0 Å². The Morgan fingerprint density at radius 1 is 1.75 bits per heavy atom. The van der Waals surface area contributed by atoms with Crippen molar-refractivity contribution in [2.75, 3.05) is 7.05 Å². The summed E-state index contributed by atoms with van der Waals surface area (Å²) in [4.78, 5) is 0. The molecule has 0 unspecified atom stereocenters. The third kappa shape index (κ3) is 101. The Kier molecular flexibility index (Phi) is 29.9. The van der Waals surface area contributed by atoms with Gasteiger partial charge in [0.15, 0.2) is 0 Å². The van der Waals surface area contributed by atoms with E-state index in [0.717, 1.165) is 5.48 Å². The van der Waals surface area contributed by atoms with Gasteiger partial charge in [-0.3, -0.25) is 0 Å². The number of rotatable bonds is 0. The minimum atomic E-state index is 0. The van der Waals surface area contributed by atoms with Crippen LogP contribution in [0.2, 0.25) is 0 Å². The normalized spacial score (nSPS) is 4.50. The third-order valence-electron chi connectivity index (χ3n) is 0. The van der Waals surface area contributed by atoms with Gasteiger partial charge in [-0.05, 0) is 0 Å². The van der Waals surface area contributed by atoms with Gasteiger partial charge in [0.05, 0.1) is 7.05 Å². The second-order valence-corrected chi connectivity index (χ2v) is 0.258.